The topological polar surface area (TPSA) is 54.1 Å². The van der Waals surface area contributed by atoms with Gasteiger partial charge in [0.25, 0.3) is 0 Å². The molecule has 4 heteroatoms. The monoisotopic (exact) mass is 286 g/mol. The van der Waals surface area contributed by atoms with E-state index in [4.69, 9.17) is 4.74 Å². The number of fused-ring (bicyclic) bond motifs is 1. The van der Waals surface area contributed by atoms with Gasteiger partial charge in [0.2, 0.25) is 5.91 Å². The van der Waals surface area contributed by atoms with Gasteiger partial charge in [-0.2, -0.15) is 0 Å². The number of nitrogens with one attached hydrogen (secondary N) is 2. The molecular formula is C17H22N2O2. The number of H-pyrrole nitrogens is 1. The summed E-state index contributed by atoms with van der Waals surface area (Å²) in [5, 5.41) is 4.14. The van der Waals surface area contributed by atoms with Crippen LogP contribution in [-0.4, -0.2) is 30.1 Å². The van der Waals surface area contributed by atoms with Crippen molar-refractivity contribution in [3.05, 3.63) is 35.0 Å². The van der Waals surface area contributed by atoms with Crippen molar-refractivity contribution < 1.29 is 9.53 Å². The Balaban J connectivity index is 1.70. The summed E-state index contributed by atoms with van der Waals surface area (Å²) in [5.41, 5.74) is 4.48. The first kappa shape index (κ1) is 14.1. The van der Waals surface area contributed by atoms with Crippen molar-refractivity contribution >= 4 is 16.8 Å². The molecular weight excluding hydrogens is 264 g/mol. The zero-order valence-electron chi connectivity index (χ0n) is 12.7. The van der Waals surface area contributed by atoms with E-state index in [1.54, 1.807) is 0 Å². The predicted octanol–water partition coefficient (Wildman–Crippen LogP) is 2.62. The van der Waals surface area contributed by atoms with Gasteiger partial charge in [-0.25, -0.2) is 0 Å². The lowest BCUT2D eigenvalue weighted by atomic mass is 10.1. The van der Waals surface area contributed by atoms with Gasteiger partial charge < -0.3 is 15.0 Å². The molecule has 0 saturated carbocycles. The maximum atomic E-state index is 12.2. The molecule has 0 unspecified atom stereocenters. The molecule has 1 saturated heterocycles. The van der Waals surface area contributed by atoms with Crippen LogP contribution in [0.15, 0.2) is 18.2 Å². The van der Waals surface area contributed by atoms with E-state index >= 15 is 0 Å². The largest absolute Gasteiger partial charge is 0.376 e. The van der Waals surface area contributed by atoms with Gasteiger partial charge in [-0.3, -0.25) is 4.79 Å². The highest BCUT2D eigenvalue weighted by Crippen LogP contribution is 2.23. The molecule has 1 fully saturated rings. The molecule has 1 atom stereocenters. The van der Waals surface area contributed by atoms with E-state index in [1.807, 2.05) is 6.92 Å². The summed E-state index contributed by atoms with van der Waals surface area (Å²) in [5.74, 6) is 0.0657. The quantitative estimate of drug-likeness (QED) is 0.908. The third-order valence-electron chi connectivity index (χ3n) is 4.16. The molecule has 1 amide bonds. The van der Waals surface area contributed by atoms with Crippen LogP contribution in [0.2, 0.25) is 0 Å². The molecule has 1 aromatic carbocycles. The molecule has 2 N–H and O–H groups in total. The summed E-state index contributed by atoms with van der Waals surface area (Å²) in [6.45, 7) is 5.54. The zero-order chi connectivity index (χ0) is 14.8. The Labute approximate surface area is 124 Å². The third kappa shape index (κ3) is 3.10. The van der Waals surface area contributed by atoms with Gasteiger partial charge in [0.05, 0.1) is 12.5 Å². The highest BCUT2D eigenvalue weighted by Gasteiger charge is 2.17. The molecule has 0 radical (unpaired) electrons. The second kappa shape index (κ2) is 5.90. The van der Waals surface area contributed by atoms with Crippen LogP contribution in [0.3, 0.4) is 0 Å². The number of carbonyl (C=O) groups excluding carboxylic acids is 1. The van der Waals surface area contributed by atoms with Gasteiger partial charge in [-0.05, 0) is 44.4 Å². The van der Waals surface area contributed by atoms with E-state index in [2.05, 4.69) is 35.4 Å². The highest BCUT2D eigenvalue weighted by atomic mass is 16.5. The molecule has 3 rings (SSSR count). The number of ether oxygens (including phenoxy) is 1. The van der Waals surface area contributed by atoms with Crippen LogP contribution >= 0.6 is 0 Å². The molecule has 2 heterocycles. The number of carbonyl (C=O) groups is 1. The summed E-state index contributed by atoms with van der Waals surface area (Å²) in [6.07, 6.45) is 2.76. The van der Waals surface area contributed by atoms with Crippen LogP contribution in [-0.2, 0) is 16.0 Å². The minimum Gasteiger partial charge on any atom is -0.376 e. The molecule has 21 heavy (non-hydrogen) atoms. The normalized spacial score (nSPS) is 18.3. The summed E-state index contributed by atoms with van der Waals surface area (Å²) >= 11 is 0. The molecule has 1 aliphatic heterocycles. The van der Waals surface area contributed by atoms with Gasteiger partial charge in [0.1, 0.15) is 0 Å². The first-order valence-corrected chi connectivity index (χ1v) is 7.59. The lowest BCUT2D eigenvalue weighted by Crippen LogP contribution is -2.32. The van der Waals surface area contributed by atoms with Gasteiger partial charge in [-0.1, -0.05) is 11.6 Å². The van der Waals surface area contributed by atoms with E-state index < -0.39 is 0 Å². The van der Waals surface area contributed by atoms with Crippen molar-refractivity contribution in [2.75, 3.05) is 13.2 Å². The predicted molar refractivity (Wildman–Crippen MR) is 83.5 cm³/mol. The van der Waals surface area contributed by atoms with Gasteiger partial charge in [0, 0.05) is 29.7 Å². The fourth-order valence-electron chi connectivity index (χ4n) is 2.98. The van der Waals surface area contributed by atoms with E-state index in [9.17, 15) is 4.79 Å². The first-order chi connectivity index (χ1) is 10.1. The average molecular weight is 286 g/mol. The van der Waals surface area contributed by atoms with Crippen molar-refractivity contribution in [2.24, 2.45) is 0 Å². The second-order valence-electron chi connectivity index (χ2n) is 5.89. The molecule has 0 bridgehead atoms. The molecule has 112 valence electrons. The Morgan fingerprint density at radius 2 is 2.29 bits per heavy atom. The van der Waals surface area contributed by atoms with E-state index in [-0.39, 0.29) is 12.0 Å². The number of amides is 1. The zero-order valence-corrected chi connectivity index (χ0v) is 12.7. The van der Waals surface area contributed by atoms with Crippen LogP contribution in [0.5, 0.6) is 0 Å². The summed E-state index contributed by atoms with van der Waals surface area (Å²) in [4.78, 5) is 15.5. The maximum absolute atomic E-state index is 12.2. The lowest BCUT2D eigenvalue weighted by molar-refractivity contribution is -0.120. The standard InChI is InChI=1S/C17H22N2O2/c1-11-5-6-16-15(8-11)14(12(2)19-16)9-17(20)18-10-13-4-3-7-21-13/h5-6,8,13,19H,3-4,7,9-10H2,1-2H3,(H,18,20)/t13-/m1/s1. The molecule has 0 aliphatic carbocycles. The summed E-state index contributed by atoms with van der Waals surface area (Å²) in [7, 11) is 0. The average Bonchev–Trinajstić information content (AvgIpc) is 3.06. The summed E-state index contributed by atoms with van der Waals surface area (Å²) < 4.78 is 5.53. The molecule has 0 spiro atoms. The number of hydrogen-bond acceptors (Lipinski definition) is 2. The third-order valence-corrected chi connectivity index (χ3v) is 4.16. The fraction of sp³-hybridized carbons (Fsp3) is 0.471. The van der Waals surface area contributed by atoms with Gasteiger partial charge in [-0.15, -0.1) is 0 Å². The van der Waals surface area contributed by atoms with E-state index in [1.165, 1.54) is 5.56 Å². The Bertz CT molecular complexity index is 654. The van der Waals surface area contributed by atoms with Crippen molar-refractivity contribution in [3.63, 3.8) is 0 Å². The van der Waals surface area contributed by atoms with Crippen LogP contribution in [0.25, 0.3) is 10.9 Å². The first-order valence-electron chi connectivity index (χ1n) is 7.59. The van der Waals surface area contributed by atoms with Crippen LogP contribution in [0.1, 0.15) is 29.7 Å². The smallest absolute Gasteiger partial charge is 0.224 e. The SMILES string of the molecule is Cc1ccc2[nH]c(C)c(CC(=O)NC[C@H]3CCCO3)c2c1. The second-order valence-corrected chi connectivity index (χ2v) is 5.89. The number of aromatic nitrogens is 1. The molecule has 2 aromatic rings. The molecule has 1 aromatic heterocycles. The number of hydrogen-bond donors (Lipinski definition) is 2. The van der Waals surface area contributed by atoms with E-state index in [0.717, 1.165) is 41.6 Å². The number of aromatic amines is 1. The number of benzene rings is 1. The van der Waals surface area contributed by atoms with Crippen molar-refractivity contribution in [3.8, 4) is 0 Å². The van der Waals surface area contributed by atoms with Crippen molar-refractivity contribution in [1.82, 2.24) is 10.3 Å². The van der Waals surface area contributed by atoms with Crippen LogP contribution in [0, 0.1) is 13.8 Å². The van der Waals surface area contributed by atoms with Crippen LogP contribution < -0.4 is 5.32 Å². The van der Waals surface area contributed by atoms with Crippen LogP contribution in [0.4, 0.5) is 0 Å². The number of rotatable bonds is 4. The minimum atomic E-state index is 0.0657. The highest BCUT2D eigenvalue weighted by molar-refractivity contribution is 5.90. The van der Waals surface area contributed by atoms with Gasteiger partial charge in [0.15, 0.2) is 0 Å². The Hall–Kier alpha value is -1.81. The number of aryl methyl sites for hydroxylation is 2. The fourth-order valence-corrected chi connectivity index (χ4v) is 2.98. The van der Waals surface area contributed by atoms with Crippen molar-refractivity contribution in [2.45, 2.75) is 39.2 Å². The Kier molecular flexibility index (Phi) is 3.97. The summed E-state index contributed by atoms with van der Waals surface area (Å²) in [6, 6.07) is 6.30. The minimum absolute atomic E-state index is 0.0657. The molecule has 1 aliphatic rings. The Morgan fingerprint density at radius 1 is 1.43 bits per heavy atom. The van der Waals surface area contributed by atoms with Crippen molar-refractivity contribution in [1.29, 1.82) is 0 Å². The van der Waals surface area contributed by atoms with Gasteiger partial charge >= 0.3 is 0 Å². The Morgan fingerprint density at radius 3 is 3.05 bits per heavy atom. The molecule has 4 nitrogen and oxygen atoms in total. The lowest BCUT2D eigenvalue weighted by Gasteiger charge is -2.11. The maximum Gasteiger partial charge on any atom is 0.224 e. The van der Waals surface area contributed by atoms with E-state index in [0.29, 0.717) is 13.0 Å².